The molecule has 0 aromatic heterocycles. The van der Waals surface area contributed by atoms with Gasteiger partial charge in [0.05, 0.1) is 26.4 Å². The SMILES string of the molecule is O=C(c1cccc(CN2CCOCC2)c1C1CC1)c1cccc(CN2CCOCC2)c1C1CC1. The molecule has 0 atom stereocenters. The van der Waals surface area contributed by atoms with E-state index in [1.165, 1.54) is 47.9 Å². The van der Waals surface area contributed by atoms with Crippen molar-refractivity contribution in [2.24, 2.45) is 0 Å². The van der Waals surface area contributed by atoms with Crippen LogP contribution in [-0.2, 0) is 22.6 Å². The molecule has 0 radical (unpaired) electrons. The number of nitrogens with zero attached hydrogens (tertiary/aromatic N) is 2. The molecule has 2 aliphatic carbocycles. The summed E-state index contributed by atoms with van der Waals surface area (Å²) < 4.78 is 11.1. The minimum absolute atomic E-state index is 0.233. The Morgan fingerprint density at radius 2 is 1.09 bits per heavy atom. The first-order chi connectivity index (χ1) is 16.8. The second-order valence-corrected chi connectivity index (χ2v) is 10.4. The van der Waals surface area contributed by atoms with Crippen LogP contribution in [0.3, 0.4) is 0 Å². The third kappa shape index (κ3) is 4.85. The maximum atomic E-state index is 14.2. The lowest BCUT2D eigenvalue weighted by Crippen LogP contribution is -2.36. The van der Waals surface area contributed by atoms with E-state index >= 15 is 0 Å². The molecule has 5 heteroatoms. The fourth-order valence-electron chi connectivity index (χ4n) is 5.75. The van der Waals surface area contributed by atoms with Crippen molar-refractivity contribution in [2.45, 2.75) is 50.6 Å². The molecule has 2 aromatic carbocycles. The summed E-state index contributed by atoms with van der Waals surface area (Å²) in [6.07, 6.45) is 4.81. The molecule has 0 N–H and O–H groups in total. The number of ketones is 1. The monoisotopic (exact) mass is 460 g/mol. The molecule has 0 bridgehead atoms. The van der Waals surface area contributed by atoms with Crippen LogP contribution >= 0.6 is 0 Å². The highest BCUT2D eigenvalue weighted by Gasteiger charge is 2.35. The van der Waals surface area contributed by atoms with Crippen LogP contribution in [0, 0.1) is 0 Å². The van der Waals surface area contributed by atoms with Gasteiger partial charge in [-0.2, -0.15) is 0 Å². The number of benzene rings is 2. The summed E-state index contributed by atoms with van der Waals surface area (Å²) in [5.74, 6) is 1.31. The summed E-state index contributed by atoms with van der Waals surface area (Å²) >= 11 is 0. The summed E-state index contributed by atoms with van der Waals surface area (Å²) in [6.45, 7) is 8.93. The van der Waals surface area contributed by atoms with Crippen molar-refractivity contribution in [3.63, 3.8) is 0 Å². The molecule has 2 saturated heterocycles. The van der Waals surface area contributed by atoms with Gasteiger partial charge >= 0.3 is 0 Å². The van der Waals surface area contributed by atoms with E-state index in [0.29, 0.717) is 11.8 Å². The van der Waals surface area contributed by atoms with Crippen molar-refractivity contribution in [3.05, 3.63) is 69.8 Å². The van der Waals surface area contributed by atoms with E-state index in [0.717, 1.165) is 76.8 Å². The van der Waals surface area contributed by atoms with Gasteiger partial charge in [-0.15, -0.1) is 0 Å². The van der Waals surface area contributed by atoms with Crippen LogP contribution in [0.2, 0.25) is 0 Å². The lowest BCUT2D eigenvalue weighted by Gasteiger charge is -2.28. The van der Waals surface area contributed by atoms with E-state index in [1.807, 2.05) is 0 Å². The van der Waals surface area contributed by atoms with Crippen molar-refractivity contribution >= 4 is 5.78 Å². The minimum Gasteiger partial charge on any atom is -0.379 e. The van der Waals surface area contributed by atoms with Crippen LogP contribution in [0.4, 0.5) is 0 Å². The number of carbonyl (C=O) groups excluding carboxylic acids is 1. The zero-order valence-corrected chi connectivity index (χ0v) is 20.1. The van der Waals surface area contributed by atoms with Crippen molar-refractivity contribution in [3.8, 4) is 0 Å². The maximum absolute atomic E-state index is 14.2. The van der Waals surface area contributed by atoms with Gasteiger partial charge in [-0.05, 0) is 59.8 Å². The first-order valence-corrected chi connectivity index (χ1v) is 13.2. The topological polar surface area (TPSA) is 42.0 Å². The van der Waals surface area contributed by atoms with Crippen molar-refractivity contribution in [2.75, 3.05) is 52.6 Å². The average molecular weight is 461 g/mol. The van der Waals surface area contributed by atoms with Gasteiger partial charge in [0.1, 0.15) is 0 Å². The smallest absolute Gasteiger partial charge is 0.193 e. The normalized spacial score (nSPS) is 22.1. The van der Waals surface area contributed by atoms with Gasteiger partial charge in [0, 0.05) is 50.4 Å². The molecule has 4 fully saturated rings. The van der Waals surface area contributed by atoms with Crippen molar-refractivity contribution < 1.29 is 14.3 Å². The number of rotatable bonds is 8. The van der Waals surface area contributed by atoms with Crippen LogP contribution < -0.4 is 0 Å². The molecule has 0 amide bonds. The van der Waals surface area contributed by atoms with Crippen LogP contribution in [0.1, 0.15) is 75.7 Å². The van der Waals surface area contributed by atoms with Crippen molar-refractivity contribution in [1.29, 1.82) is 0 Å². The van der Waals surface area contributed by atoms with Gasteiger partial charge in [0.2, 0.25) is 0 Å². The van der Waals surface area contributed by atoms with Gasteiger partial charge < -0.3 is 9.47 Å². The maximum Gasteiger partial charge on any atom is 0.193 e. The molecule has 2 aromatic rings. The Bertz CT molecular complexity index is 950. The van der Waals surface area contributed by atoms with Crippen LogP contribution in [0.5, 0.6) is 0 Å². The highest BCUT2D eigenvalue weighted by Crippen LogP contribution is 2.47. The number of hydrogen-bond donors (Lipinski definition) is 0. The second kappa shape index (κ2) is 9.90. The van der Waals surface area contributed by atoms with E-state index in [-0.39, 0.29) is 5.78 Å². The predicted molar refractivity (Wildman–Crippen MR) is 132 cm³/mol. The average Bonchev–Trinajstić information content (AvgIpc) is 3.79. The largest absolute Gasteiger partial charge is 0.379 e. The Morgan fingerprint density at radius 1 is 0.676 bits per heavy atom. The first kappa shape index (κ1) is 22.4. The van der Waals surface area contributed by atoms with E-state index in [1.54, 1.807) is 0 Å². The minimum atomic E-state index is 0.233. The van der Waals surface area contributed by atoms with E-state index in [2.05, 4.69) is 46.2 Å². The zero-order valence-electron chi connectivity index (χ0n) is 20.1. The van der Waals surface area contributed by atoms with Crippen LogP contribution in [-0.4, -0.2) is 68.2 Å². The molecule has 6 rings (SSSR count). The van der Waals surface area contributed by atoms with Gasteiger partial charge in [-0.1, -0.05) is 36.4 Å². The quantitative estimate of drug-likeness (QED) is 0.549. The molecular formula is C29H36N2O3. The van der Waals surface area contributed by atoms with Crippen molar-refractivity contribution in [1.82, 2.24) is 9.80 Å². The van der Waals surface area contributed by atoms with E-state index in [4.69, 9.17) is 9.47 Å². The molecule has 180 valence electrons. The Labute approximate surface area is 203 Å². The Morgan fingerprint density at radius 3 is 1.47 bits per heavy atom. The third-order valence-electron chi connectivity index (χ3n) is 7.85. The molecule has 5 nitrogen and oxygen atoms in total. The van der Waals surface area contributed by atoms with Gasteiger partial charge in [0.25, 0.3) is 0 Å². The molecule has 2 aliphatic heterocycles. The zero-order chi connectivity index (χ0) is 22.9. The number of hydrogen-bond acceptors (Lipinski definition) is 5. The molecule has 0 unspecified atom stereocenters. The fraction of sp³-hybridized carbons (Fsp3) is 0.552. The van der Waals surface area contributed by atoms with Gasteiger partial charge in [-0.25, -0.2) is 0 Å². The Hall–Kier alpha value is -2.05. The van der Waals surface area contributed by atoms with E-state index in [9.17, 15) is 4.79 Å². The Kier molecular flexibility index (Phi) is 6.53. The van der Waals surface area contributed by atoms with Gasteiger partial charge in [0.15, 0.2) is 5.78 Å². The lowest BCUT2D eigenvalue weighted by atomic mass is 9.87. The summed E-state index contributed by atoms with van der Waals surface area (Å²) in [4.78, 5) is 19.1. The number of carbonyl (C=O) groups is 1. The number of morpholine rings is 2. The molecule has 34 heavy (non-hydrogen) atoms. The molecular weight excluding hydrogens is 424 g/mol. The summed E-state index contributed by atoms with van der Waals surface area (Å²) in [5.41, 5.74) is 7.20. The highest BCUT2D eigenvalue weighted by atomic mass is 16.5. The van der Waals surface area contributed by atoms with Gasteiger partial charge in [-0.3, -0.25) is 14.6 Å². The first-order valence-electron chi connectivity index (χ1n) is 13.2. The summed E-state index contributed by atoms with van der Waals surface area (Å²) in [7, 11) is 0. The molecule has 0 spiro atoms. The predicted octanol–water partition coefficient (Wildman–Crippen LogP) is 4.34. The molecule has 4 aliphatic rings. The lowest BCUT2D eigenvalue weighted by molar-refractivity contribution is 0.0340. The molecule has 2 heterocycles. The number of ether oxygens (including phenoxy) is 2. The van der Waals surface area contributed by atoms with Crippen LogP contribution in [0.15, 0.2) is 36.4 Å². The highest BCUT2D eigenvalue weighted by molar-refractivity contribution is 6.11. The standard InChI is InChI=1S/C29H36N2O3/c32-29(25-5-1-3-23(27(25)21-7-8-21)19-30-11-15-33-16-12-30)26-6-2-4-24(28(26)22-9-10-22)20-31-13-17-34-18-14-31/h1-6,21-22H,7-20H2. The fourth-order valence-corrected chi connectivity index (χ4v) is 5.75. The van der Waals surface area contributed by atoms with E-state index < -0.39 is 0 Å². The molecule has 2 saturated carbocycles. The Balaban J connectivity index is 1.33. The second-order valence-electron chi connectivity index (χ2n) is 10.4. The van der Waals surface area contributed by atoms with Crippen LogP contribution in [0.25, 0.3) is 0 Å². The summed E-state index contributed by atoms with van der Waals surface area (Å²) in [5, 5.41) is 0. The third-order valence-corrected chi connectivity index (χ3v) is 7.85. The summed E-state index contributed by atoms with van der Waals surface area (Å²) in [6, 6.07) is 12.9.